The van der Waals surface area contributed by atoms with E-state index in [2.05, 4.69) is 50.0 Å². The van der Waals surface area contributed by atoms with Crippen LogP contribution in [-0.4, -0.2) is 24.5 Å². The summed E-state index contributed by atoms with van der Waals surface area (Å²) in [5.74, 6) is 0.488. The molecule has 2 rings (SSSR count). The first kappa shape index (κ1) is 19.2. The van der Waals surface area contributed by atoms with Gasteiger partial charge in [0.05, 0.1) is 19.4 Å². The number of hydrogen-bond acceptors (Lipinski definition) is 4. The van der Waals surface area contributed by atoms with Crippen molar-refractivity contribution in [1.82, 2.24) is 5.32 Å². The summed E-state index contributed by atoms with van der Waals surface area (Å²) in [7, 11) is 0. The summed E-state index contributed by atoms with van der Waals surface area (Å²) in [4.78, 5) is 0. The van der Waals surface area contributed by atoms with Gasteiger partial charge >= 0.3 is 0 Å². The molecule has 2 atom stereocenters. The van der Waals surface area contributed by atoms with E-state index in [1.165, 1.54) is 5.56 Å². The average Bonchev–Trinajstić information content (AvgIpc) is 2.64. The summed E-state index contributed by atoms with van der Waals surface area (Å²) in [5.41, 5.74) is 9.39. The molecule has 4 N–H and O–H groups in total. The number of nitrogens with two attached hydrogens (primary N) is 1. The van der Waals surface area contributed by atoms with Gasteiger partial charge in [-0.2, -0.15) is 0 Å². The van der Waals surface area contributed by atoms with Crippen molar-refractivity contribution in [3.63, 3.8) is 0 Å². The zero-order chi connectivity index (χ0) is 18.2. The van der Waals surface area contributed by atoms with Gasteiger partial charge in [0.1, 0.15) is 6.10 Å². The summed E-state index contributed by atoms with van der Waals surface area (Å²) in [6.45, 7) is 8.71. The molecule has 0 bridgehead atoms. The second-order valence-electron chi connectivity index (χ2n) is 6.39. The summed E-state index contributed by atoms with van der Waals surface area (Å²) in [6, 6.07) is 17.8. The van der Waals surface area contributed by atoms with Crippen LogP contribution in [-0.2, 0) is 4.74 Å². The number of hydrogen-bond donors (Lipinski definition) is 3. The quantitative estimate of drug-likeness (QED) is 0.612. The van der Waals surface area contributed by atoms with Gasteiger partial charge < -0.3 is 20.9 Å². The summed E-state index contributed by atoms with van der Waals surface area (Å²) < 4.78 is 5.19. The first-order valence-corrected chi connectivity index (χ1v) is 8.59. The molecule has 0 aliphatic carbocycles. The predicted octanol–water partition coefficient (Wildman–Crippen LogP) is 3.41. The van der Waals surface area contributed by atoms with Gasteiger partial charge in [0, 0.05) is 5.70 Å². The maximum absolute atomic E-state index is 10.5. The van der Waals surface area contributed by atoms with E-state index in [4.69, 9.17) is 10.5 Å². The van der Waals surface area contributed by atoms with E-state index in [1.54, 1.807) is 0 Å². The minimum absolute atomic E-state index is 0.0795. The average molecular weight is 340 g/mol. The van der Waals surface area contributed by atoms with Crippen molar-refractivity contribution in [2.75, 3.05) is 13.3 Å². The molecule has 0 saturated carbocycles. The summed E-state index contributed by atoms with van der Waals surface area (Å²) in [5, 5.41) is 13.9. The van der Waals surface area contributed by atoms with Crippen LogP contribution in [0.25, 0.3) is 5.70 Å². The Morgan fingerprint density at radius 1 is 1.08 bits per heavy atom. The van der Waals surface area contributed by atoms with Gasteiger partial charge in [0.2, 0.25) is 0 Å². The van der Waals surface area contributed by atoms with E-state index in [0.29, 0.717) is 5.92 Å². The van der Waals surface area contributed by atoms with Crippen molar-refractivity contribution < 1.29 is 9.84 Å². The number of nitrogens with one attached hydrogen (secondary N) is 1. The van der Waals surface area contributed by atoms with Gasteiger partial charge in [-0.15, -0.1) is 0 Å². The topological polar surface area (TPSA) is 67.5 Å². The van der Waals surface area contributed by atoms with E-state index >= 15 is 0 Å². The molecule has 0 fully saturated rings. The van der Waals surface area contributed by atoms with Crippen LogP contribution >= 0.6 is 0 Å². The molecule has 4 heteroatoms. The molecule has 0 unspecified atom stereocenters. The number of aliphatic hydroxyl groups is 1. The highest BCUT2D eigenvalue weighted by atomic mass is 16.5. The standard InChI is InChI=1S/C21H28N2O2/c1-15(2)17-9-11-18(12-10-17)16(3)23-21(20(24)13-25-14-22)19-7-5-4-6-8-19/h4-12,15,20-21,23-24H,3,13-14,22H2,1-2H3/t20-,21-/m0/s1. The molecule has 2 aromatic rings. The second-order valence-corrected chi connectivity index (χ2v) is 6.39. The second kappa shape index (κ2) is 9.37. The first-order valence-electron chi connectivity index (χ1n) is 8.59. The van der Waals surface area contributed by atoms with Crippen LogP contribution in [0.4, 0.5) is 0 Å². The maximum atomic E-state index is 10.5. The lowest BCUT2D eigenvalue weighted by Crippen LogP contribution is -2.34. The number of aliphatic hydroxyl groups excluding tert-OH is 1. The maximum Gasteiger partial charge on any atom is 0.102 e. The zero-order valence-electron chi connectivity index (χ0n) is 15.0. The summed E-state index contributed by atoms with van der Waals surface area (Å²) >= 11 is 0. The smallest absolute Gasteiger partial charge is 0.102 e. The molecular weight excluding hydrogens is 312 g/mol. The minimum atomic E-state index is -0.738. The van der Waals surface area contributed by atoms with Crippen LogP contribution in [0.2, 0.25) is 0 Å². The fourth-order valence-electron chi connectivity index (χ4n) is 2.69. The number of rotatable bonds is 9. The van der Waals surface area contributed by atoms with E-state index in [9.17, 15) is 5.11 Å². The van der Waals surface area contributed by atoms with Gasteiger partial charge in [0.25, 0.3) is 0 Å². The van der Waals surface area contributed by atoms with Crippen LogP contribution in [0.1, 0.15) is 42.5 Å². The third kappa shape index (κ3) is 5.43. The van der Waals surface area contributed by atoms with Crippen LogP contribution in [0.15, 0.2) is 61.2 Å². The molecule has 4 nitrogen and oxygen atoms in total. The highest BCUT2D eigenvalue weighted by Crippen LogP contribution is 2.23. The van der Waals surface area contributed by atoms with Crippen LogP contribution < -0.4 is 11.1 Å². The first-order chi connectivity index (χ1) is 12.0. The highest BCUT2D eigenvalue weighted by molar-refractivity contribution is 5.62. The van der Waals surface area contributed by atoms with Gasteiger partial charge in [0.15, 0.2) is 0 Å². The van der Waals surface area contributed by atoms with Crippen molar-refractivity contribution in [1.29, 1.82) is 0 Å². The Kier molecular flexibility index (Phi) is 7.19. The third-order valence-corrected chi connectivity index (χ3v) is 4.21. The van der Waals surface area contributed by atoms with Gasteiger partial charge in [-0.05, 0) is 22.6 Å². The van der Waals surface area contributed by atoms with E-state index in [1.807, 2.05) is 30.3 Å². The van der Waals surface area contributed by atoms with Crippen LogP contribution in [0, 0.1) is 0 Å². The largest absolute Gasteiger partial charge is 0.388 e. The Morgan fingerprint density at radius 3 is 2.28 bits per heavy atom. The lowest BCUT2D eigenvalue weighted by atomic mass is 9.99. The van der Waals surface area contributed by atoms with Gasteiger partial charge in [-0.3, -0.25) is 0 Å². The molecule has 134 valence electrons. The van der Waals surface area contributed by atoms with Crippen molar-refractivity contribution in [3.8, 4) is 0 Å². The number of benzene rings is 2. The molecule has 0 amide bonds. The number of ether oxygens (including phenoxy) is 1. The van der Waals surface area contributed by atoms with Gasteiger partial charge in [-0.1, -0.05) is 75.0 Å². The molecular formula is C21H28N2O2. The third-order valence-electron chi connectivity index (χ3n) is 4.21. The molecule has 0 radical (unpaired) electrons. The van der Waals surface area contributed by atoms with E-state index in [0.717, 1.165) is 16.8 Å². The molecule has 0 aliphatic rings. The van der Waals surface area contributed by atoms with E-state index < -0.39 is 6.10 Å². The molecule has 2 aromatic carbocycles. The Hall–Kier alpha value is -2.14. The molecule has 0 saturated heterocycles. The van der Waals surface area contributed by atoms with Crippen molar-refractivity contribution >= 4 is 5.70 Å². The molecule has 25 heavy (non-hydrogen) atoms. The van der Waals surface area contributed by atoms with E-state index in [-0.39, 0.29) is 19.4 Å². The monoisotopic (exact) mass is 340 g/mol. The molecule has 0 aromatic heterocycles. The summed E-state index contributed by atoms with van der Waals surface area (Å²) in [6.07, 6.45) is -0.738. The van der Waals surface area contributed by atoms with Gasteiger partial charge in [-0.25, -0.2) is 0 Å². The van der Waals surface area contributed by atoms with Crippen LogP contribution in [0.5, 0.6) is 0 Å². The Labute approximate surface area is 150 Å². The molecule has 0 aliphatic heterocycles. The lowest BCUT2D eigenvalue weighted by Gasteiger charge is -2.26. The Morgan fingerprint density at radius 2 is 1.72 bits per heavy atom. The minimum Gasteiger partial charge on any atom is -0.388 e. The normalized spacial score (nSPS) is 13.5. The van der Waals surface area contributed by atoms with Crippen molar-refractivity contribution in [2.45, 2.75) is 31.9 Å². The fraction of sp³-hybridized carbons (Fsp3) is 0.333. The predicted molar refractivity (Wildman–Crippen MR) is 103 cm³/mol. The van der Waals surface area contributed by atoms with Crippen molar-refractivity contribution in [2.24, 2.45) is 5.73 Å². The SMILES string of the molecule is C=C(N[C@@H](c1ccccc1)[C@@H](O)COCN)c1ccc(C(C)C)cc1. The Balaban J connectivity index is 2.16. The lowest BCUT2D eigenvalue weighted by molar-refractivity contribution is 0.0213. The van der Waals surface area contributed by atoms with Crippen LogP contribution in [0.3, 0.4) is 0 Å². The zero-order valence-corrected chi connectivity index (χ0v) is 15.0. The molecule has 0 heterocycles. The highest BCUT2D eigenvalue weighted by Gasteiger charge is 2.22. The Bertz CT molecular complexity index is 653. The fourth-order valence-corrected chi connectivity index (χ4v) is 2.69. The molecule has 0 spiro atoms. The van der Waals surface area contributed by atoms with Crippen molar-refractivity contribution in [3.05, 3.63) is 77.9 Å².